The zero-order valence-corrected chi connectivity index (χ0v) is 19.6. The third kappa shape index (κ3) is 4.20. The summed E-state index contributed by atoms with van der Waals surface area (Å²) in [7, 11) is 0. The second-order valence-corrected chi connectivity index (χ2v) is 9.37. The van der Waals surface area contributed by atoms with Crippen molar-refractivity contribution in [1.29, 1.82) is 0 Å². The van der Waals surface area contributed by atoms with E-state index >= 15 is 0 Å². The number of hydrazone groups is 1. The summed E-state index contributed by atoms with van der Waals surface area (Å²) in [6.45, 7) is 2.04. The number of rotatable bonds is 4. The van der Waals surface area contributed by atoms with E-state index in [1.807, 2.05) is 91.9 Å². The first-order valence-electron chi connectivity index (χ1n) is 10.1. The largest absolute Gasteiger partial charge is 0.280 e. The van der Waals surface area contributed by atoms with Crippen molar-refractivity contribution in [2.45, 2.75) is 6.92 Å². The van der Waals surface area contributed by atoms with Crippen molar-refractivity contribution < 1.29 is 4.79 Å². The number of halogens is 1. The highest BCUT2D eigenvalue weighted by atomic mass is 79.9. The van der Waals surface area contributed by atoms with Crippen molar-refractivity contribution in [2.75, 3.05) is 5.01 Å². The molecule has 6 heteroatoms. The number of fused-ring (bicyclic) bond motifs is 2. The van der Waals surface area contributed by atoms with Crippen LogP contribution in [0.4, 0.5) is 5.13 Å². The number of hydrogen-bond acceptors (Lipinski definition) is 4. The van der Waals surface area contributed by atoms with Gasteiger partial charge >= 0.3 is 0 Å². The lowest BCUT2D eigenvalue weighted by Gasteiger charge is -2.14. The summed E-state index contributed by atoms with van der Waals surface area (Å²) in [5.41, 5.74) is 3.47. The predicted molar refractivity (Wildman–Crippen MR) is 137 cm³/mol. The number of aromatic nitrogens is 1. The highest BCUT2D eigenvalue weighted by Crippen LogP contribution is 2.32. The van der Waals surface area contributed by atoms with Gasteiger partial charge in [0.05, 0.1) is 16.4 Å². The fourth-order valence-electron chi connectivity index (χ4n) is 3.39. The molecule has 0 spiro atoms. The summed E-state index contributed by atoms with van der Waals surface area (Å²) in [5, 5.41) is 8.58. The van der Waals surface area contributed by atoms with Crippen LogP contribution in [0.5, 0.6) is 0 Å². The molecule has 0 aliphatic carbocycles. The van der Waals surface area contributed by atoms with Crippen LogP contribution in [0.1, 0.15) is 21.5 Å². The van der Waals surface area contributed by atoms with E-state index in [4.69, 9.17) is 0 Å². The third-order valence-corrected chi connectivity index (χ3v) is 6.60. The fraction of sp³-hybridized carbons (Fsp3) is 0.0385. The van der Waals surface area contributed by atoms with Gasteiger partial charge < -0.3 is 0 Å². The molecule has 0 bridgehead atoms. The van der Waals surface area contributed by atoms with Crippen molar-refractivity contribution in [1.82, 2.24) is 4.98 Å². The predicted octanol–water partition coefficient (Wildman–Crippen LogP) is 7.20. The first-order chi connectivity index (χ1) is 15.6. The second-order valence-electron chi connectivity index (χ2n) is 7.44. The van der Waals surface area contributed by atoms with Gasteiger partial charge in [0.15, 0.2) is 0 Å². The van der Waals surface area contributed by atoms with Crippen molar-refractivity contribution in [3.63, 3.8) is 0 Å². The number of aryl methyl sites for hydroxylation is 1. The fourth-order valence-corrected chi connectivity index (χ4v) is 4.86. The Morgan fingerprint density at radius 1 is 0.969 bits per heavy atom. The summed E-state index contributed by atoms with van der Waals surface area (Å²) in [5.74, 6) is -0.225. The van der Waals surface area contributed by atoms with E-state index in [-0.39, 0.29) is 5.91 Å². The Labute approximate surface area is 198 Å². The summed E-state index contributed by atoms with van der Waals surface area (Å²) in [4.78, 5) is 18.3. The molecule has 0 radical (unpaired) electrons. The van der Waals surface area contributed by atoms with Crippen LogP contribution in [0.3, 0.4) is 0 Å². The first kappa shape index (κ1) is 20.5. The maximum atomic E-state index is 13.6. The number of hydrogen-bond donors (Lipinski definition) is 0. The standard InChI is InChI=1S/C26H18BrN3OS/c1-17-6-8-18(9-7-17)16-28-30(26-29-23-13-12-22(27)15-24(23)32-26)25(31)21-11-10-19-4-2-3-5-20(19)14-21/h2-16H,1H3/b28-16+. The minimum Gasteiger partial charge on any atom is -0.267 e. The molecule has 0 saturated heterocycles. The second kappa shape index (κ2) is 8.65. The van der Waals surface area contributed by atoms with Crippen LogP contribution < -0.4 is 5.01 Å². The van der Waals surface area contributed by atoms with Gasteiger partial charge in [-0.15, -0.1) is 0 Å². The number of carbonyl (C=O) groups is 1. The van der Waals surface area contributed by atoms with Gasteiger partial charge in [-0.25, -0.2) is 4.98 Å². The van der Waals surface area contributed by atoms with E-state index in [9.17, 15) is 4.79 Å². The molecule has 1 aromatic heterocycles. The summed E-state index contributed by atoms with van der Waals surface area (Å²) in [6, 6.07) is 27.6. The molecule has 0 aliphatic heterocycles. The Morgan fingerprint density at radius 2 is 1.75 bits per heavy atom. The molecule has 1 heterocycles. The van der Waals surface area contributed by atoms with Gasteiger partial charge in [-0.3, -0.25) is 4.79 Å². The van der Waals surface area contributed by atoms with Crippen LogP contribution in [0.25, 0.3) is 21.0 Å². The third-order valence-electron chi connectivity index (χ3n) is 5.11. The van der Waals surface area contributed by atoms with E-state index in [0.717, 1.165) is 31.0 Å². The highest BCUT2D eigenvalue weighted by Gasteiger charge is 2.21. The highest BCUT2D eigenvalue weighted by molar-refractivity contribution is 9.10. The zero-order chi connectivity index (χ0) is 22.1. The molecule has 1 amide bonds. The number of anilines is 1. The van der Waals surface area contributed by atoms with Crippen molar-refractivity contribution in [3.05, 3.63) is 106 Å². The SMILES string of the molecule is Cc1ccc(/C=N/N(C(=O)c2ccc3ccccc3c2)c2nc3ccc(Br)cc3s2)cc1. The van der Waals surface area contributed by atoms with Crippen LogP contribution in [-0.2, 0) is 0 Å². The lowest BCUT2D eigenvalue weighted by Crippen LogP contribution is -2.25. The van der Waals surface area contributed by atoms with E-state index in [1.165, 1.54) is 21.9 Å². The molecule has 0 saturated carbocycles. The normalized spacial score (nSPS) is 11.4. The Hall–Kier alpha value is -3.35. The molecule has 156 valence electrons. The van der Waals surface area contributed by atoms with Crippen LogP contribution in [0, 0.1) is 6.92 Å². The molecule has 0 N–H and O–H groups in total. The average molecular weight is 500 g/mol. The van der Waals surface area contributed by atoms with Crippen LogP contribution in [-0.4, -0.2) is 17.1 Å². The van der Waals surface area contributed by atoms with Gasteiger partial charge in [0.2, 0.25) is 5.13 Å². The van der Waals surface area contributed by atoms with E-state index in [1.54, 1.807) is 6.21 Å². The van der Waals surface area contributed by atoms with Crippen LogP contribution in [0.2, 0.25) is 0 Å². The Bertz CT molecular complexity index is 1470. The molecule has 0 fully saturated rings. The van der Waals surface area contributed by atoms with Crippen LogP contribution >= 0.6 is 27.3 Å². The molecule has 0 aliphatic rings. The molecule has 0 unspecified atom stereocenters. The van der Waals surface area contributed by atoms with Gasteiger partial charge in [0.25, 0.3) is 5.91 Å². The van der Waals surface area contributed by atoms with E-state index in [2.05, 4.69) is 26.0 Å². The molecule has 5 rings (SSSR count). The molecule has 32 heavy (non-hydrogen) atoms. The first-order valence-corrected chi connectivity index (χ1v) is 11.7. The zero-order valence-electron chi connectivity index (χ0n) is 17.2. The smallest absolute Gasteiger partial charge is 0.267 e. The number of amides is 1. The number of nitrogens with zero attached hydrogens (tertiary/aromatic N) is 3. The topological polar surface area (TPSA) is 45.6 Å². The Balaban J connectivity index is 1.58. The minimum atomic E-state index is -0.225. The molecule has 4 aromatic carbocycles. The van der Waals surface area contributed by atoms with Crippen LogP contribution in [0.15, 0.2) is 94.5 Å². The summed E-state index contributed by atoms with van der Waals surface area (Å²) >= 11 is 4.94. The quantitative estimate of drug-likeness (QED) is 0.194. The van der Waals surface area contributed by atoms with Crippen molar-refractivity contribution in [3.8, 4) is 0 Å². The summed E-state index contributed by atoms with van der Waals surface area (Å²) < 4.78 is 1.95. The Kier molecular flexibility index (Phi) is 5.55. The lowest BCUT2D eigenvalue weighted by atomic mass is 10.1. The van der Waals surface area contributed by atoms with Gasteiger partial charge in [-0.05, 0) is 53.6 Å². The molecular formula is C26H18BrN3OS. The minimum absolute atomic E-state index is 0.225. The number of benzene rings is 4. The monoisotopic (exact) mass is 499 g/mol. The molecule has 0 atom stereocenters. The van der Waals surface area contributed by atoms with Gasteiger partial charge in [0.1, 0.15) is 0 Å². The van der Waals surface area contributed by atoms with E-state index < -0.39 is 0 Å². The maximum Gasteiger partial charge on any atom is 0.280 e. The maximum absolute atomic E-state index is 13.6. The number of thiazole rings is 1. The van der Waals surface area contributed by atoms with Gasteiger partial charge in [-0.1, -0.05) is 87.4 Å². The van der Waals surface area contributed by atoms with Gasteiger partial charge in [0, 0.05) is 10.0 Å². The van der Waals surface area contributed by atoms with Crippen molar-refractivity contribution in [2.24, 2.45) is 5.10 Å². The molecular weight excluding hydrogens is 482 g/mol. The van der Waals surface area contributed by atoms with Gasteiger partial charge in [-0.2, -0.15) is 10.1 Å². The molecule has 4 nitrogen and oxygen atoms in total. The molecule has 5 aromatic rings. The van der Waals surface area contributed by atoms with E-state index in [0.29, 0.717) is 10.7 Å². The average Bonchev–Trinajstić information content (AvgIpc) is 3.22. The lowest BCUT2D eigenvalue weighted by molar-refractivity contribution is 0.0988. The van der Waals surface area contributed by atoms with Crippen molar-refractivity contribution >= 4 is 65.5 Å². The summed E-state index contributed by atoms with van der Waals surface area (Å²) in [6.07, 6.45) is 1.69. The number of carbonyl (C=O) groups excluding carboxylic acids is 1. The Morgan fingerprint density at radius 3 is 2.56 bits per heavy atom.